The Morgan fingerprint density at radius 2 is 2.10 bits per heavy atom. The first kappa shape index (κ1) is 22.5. The molecule has 1 aromatic carbocycles. The van der Waals surface area contributed by atoms with Gasteiger partial charge in [-0.15, -0.1) is 0 Å². The van der Waals surface area contributed by atoms with Crippen LogP contribution >= 0.6 is 27.5 Å². The van der Waals surface area contributed by atoms with Gasteiger partial charge in [-0.3, -0.25) is 14.4 Å². The molecule has 3 heterocycles. The molecule has 0 radical (unpaired) electrons. The molecule has 2 bridgehead atoms. The van der Waals surface area contributed by atoms with E-state index in [1.807, 2.05) is 0 Å². The number of anilines is 1. The summed E-state index contributed by atoms with van der Waals surface area (Å²) in [5.74, 6) is -2.79. The van der Waals surface area contributed by atoms with Crippen LogP contribution in [0.4, 0.5) is 5.69 Å². The molecule has 10 heteroatoms. The zero-order valence-corrected chi connectivity index (χ0v) is 19.3. The molecule has 0 aliphatic carbocycles. The maximum atomic E-state index is 13.5. The van der Waals surface area contributed by atoms with E-state index in [2.05, 4.69) is 21.2 Å². The van der Waals surface area contributed by atoms with Crippen LogP contribution in [0.2, 0.25) is 5.02 Å². The normalized spacial score (nSPS) is 33.5. The predicted molar refractivity (Wildman–Crippen MR) is 116 cm³/mol. The molecule has 2 amide bonds. The highest BCUT2D eigenvalue weighted by Gasteiger charge is 2.76. The van der Waals surface area contributed by atoms with Crippen LogP contribution in [0.25, 0.3) is 0 Å². The lowest BCUT2D eigenvalue weighted by Gasteiger charge is -2.34. The largest absolute Gasteiger partial charge is 0.466 e. The molecule has 0 saturated carbocycles. The number of nitrogens with one attached hydrogen (secondary N) is 1. The summed E-state index contributed by atoms with van der Waals surface area (Å²) in [7, 11) is 0. The minimum atomic E-state index is -1.14. The maximum absolute atomic E-state index is 13.5. The Morgan fingerprint density at radius 3 is 2.74 bits per heavy atom. The van der Waals surface area contributed by atoms with Crippen LogP contribution in [0, 0.1) is 11.8 Å². The molecule has 168 valence electrons. The van der Waals surface area contributed by atoms with E-state index in [0.717, 1.165) is 0 Å². The van der Waals surface area contributed by atoms with Crippen LogP contribution in [0.5, 0.6) is 0 Å². The third-order valence-electron chi connectivity index (χ3n) is 6.27. The van der Waals surface area contributed by atoms with Gasteiger partial charge in [0.05, 0.1) is 24.5 Å². The molecule has 1 aromatic rings. The number of alkyl halides is 1. The number of ether oxygens (including phenoxy) is 2. The average molecular weight is 516 g/mol. The Bertz CT molecular complexity index is 883. The summed E-state index contributed by atoms with van der Waals surface area (Å²) >= 11 is 9.51. The Kier molecular flexibility index (Phi) is 6.31. The van der Waals surface area contributed by atoms with Crippen LogP contribution in [0.15, 0.2) is 24.3 Å². The van der Waals surface area contributed by atoms with Gasteiger partial charge < -0.3 is 24.8 Å². The van der Waals surface area contributed by atoms with Gasteiger partial charge in [0.2, 0.25) is 11.8 Å². The second-order valence-electron chi connectivity index (χ2n) is 8.02. The number of benzene rings is 1. The number of aliphatic hydroxyl groups is 1. The van der Waals surface area contributed by atoms with E-state index in [9.17, 15) is 19.5 Å². The Labute approximate surface area is 193 Å². The Morgan fingerprint density at radius 1 is 1.39 bits per heavy atom. The predicted octanol–water partition coefficient (Wildman–Crippen LogP) is 1.97. The molecule has 3 fully saturated rings. The first-order valence-electron chi connectivity index (χ1n) is 10.3. The van der Waals surface area contributed by atoms with E-state index in [1.54, 1.807) is 31.2 Å². The molecule has 6 atom stereocenters. The topological polar surface area (TPSA) is 105 Å². The number of hydrogen-bond acceptors (Lipinski definition) is 6. The number of nitrogens with zero attached hydrogens (tertiary/aromatic N) is 1. The summed E-state index contributed by atoms with van der Waals surface area (Å²) in [5, 5.41) is 12.7. The number of rotatable bonds is 7. The van der Waals surface area contributed by atoms with Crippen LogP contribution in [0.1, 0.15) is 19.8 Å². The highest BCUT2D eigenvalue weighted by molar-refractivity contribution is 9.09. The fourth-order valence-electron chi connectivity index (χ4n) is 5.16. The first-order chi connectivity index (χ1) is 14.8. The summed E-state index contributed by atoms with van der Waals surface area (Å²) in [4.78, 5) is 40.9. The summed E-state index contributed by atoms with van der Waals surface area (Å²) in [6.45, 7) is 1.96. The number of likely N-dealkylation sites (tertiary alicyclic amines) is 1. The molecule has 1 spiro atoms. The van der Waals surface area contributed by atoms with Crippen LogP contribution < -0.4 is 5.32 Å². The lowest BCUT2D eigenvalue weighted by molar-refractivity contribution is -0.154. The maximum Gasteiger partial charge on any atom is 0.312 e. The highest BCUT2D eigenvalue weighted by atomic mass is 79.9. The molecular weight excluding hydrogens is 492 g/mol. The number of aliphatic hydroxyl groups excluding tert-OH is 1. The van der Waals surface area contributed by atoms with E-state index in [1.165, 1.54) is 4.90 Å². The van der Waals surface area contributed by atoms with E-state index >= 15 is 0 Å². The van der Waals surface area contributed by atoms with Gasteiger partial charge >= 0.3 is 5.97 Å². The molecule has 3 aliphatic heterocycles. The number of fused-ring (bicyclic) bond motifs is 1. The fourth-order valence-corrected chi connectivity index (χ4v) is 6.23. The van der Waals surface area contributed by atoms with E-state index in [-0.39, 0.29) is 30.5 Å². The SMILES string of the molecule is CCOC(=O)[C@H]1[C@H]2C(=O)N(CCCO)C(C(=O)Nc3ccc(Cl)cc3)C23CC(Br)[C@@H]1O3. The fraction of sp³-hybridized carbons (Fsp3) is 0.571. The van der Waals surface area contributed by atoms with Crippen molar-refractivity contribution < 1.29 is 29.0 Å². The molecule has 31 heavy (non-hydrogen) atoms. The Hall–Kier alpha value is -1.68. The van der Waals surface area contributed by atoms with Gasteiger partial charge in [-0.25, -0.2) is 0 Å². The Balaban J connectivity index is 1.70. The van der Waals surface area contributed by atoms with Gasteiger partial charge in [-0.05, 0) is 44.0 Å². The molecular formula is C21H24BrClN2O6. The van der Waals surface area contributed by atoms with Crippen molar-refractivity contribution in [3.05, 3.63) is 29.3 Å². The second-order valence-corrected chi connectivity index (χ2v) is 9.63. The van der Waals surface area contributed by atoms with Gasteiger partial charge in [0.25, 0.3) is 0 Å². The van der Waals surface area contributed by atoms with Crippen molar-refractivity contribution in [3.8, 4) is 0 Å². The van der Waals surface area contributed by atoms with E-state index in [4.69, 9.17) is 21.1 Å². The van der Waals surface area contributed by atoms with Crippen molar-refractivity contribution in [1.82, 2.24) is 4.90 Å². The summed E-state index contributed by atoms with van der Waals surface area (Å²) in [5.41, 5.74) is -0.604. The molecule has 3 saturated heterocycles. The number of carbonyl (C=O) groups is 3. The number of amides is 2. The quantitative estimate of drug-likeness (QED) is 0.425. The molecule has 4 rings (SSSR count). The lowest BCUT2D eigenvalue weighted by atomic mass is 9.70. The zero-order chi connectivity index (χ0) is 22.3. The smallest absolute Gasteiger partial charge is 0.312 e. The average Bonchev–Trinajstić information content (AvgIpc) is 3.32. The minimum Gasteiger partial charge on any atom is -0.466 e. The number of esters is 1. The molecule has 3 aliphatic rings. The lowest BCUT2D eigenvalue weighted by Crippen LogP contribution is -2.54. The molecule has 0 aromatic heterocycles. The van der Waals surface area contributed by atoms with Gasteiger partial charge in [0, 0.05) is 28.7 Å². The molecule has 8 nitrogen and oxygen atoms in total. The standard InChI is InChI=1S/C21H24BrClN2O6/c1-2-30-20(29)14-15-19(28)25(8-3-9-26)17(21(15)10-13(22)16(14)31-21)18(27)24-12-6-4-11(23)5-7-12/h4-7,13-17,26H,2-3,8-10H2,1H3,(H,24,27)/t13?,14-,15-,16-,17?,21?/m0/s1. The molecule has 3 unspecified atom stereocenters. The van der Waals surface area contributed by atoms with E-state index in [0.29, 0.717) is 23.6 Å². The van der Waals surface area contributed by atoms with Gasteiger partial charge in [-0.1, -0.05) is 27.5 Å². The van der Waals surface area contributed by atoms with Crippen molar-refractivity contribution in [2.45, 2.75) is 42.3 Å². The number of halogens is 2. The van der Waals surface area contributed by atoms with Gasteiger partial charge in [-0.2, -0.15) is 0 Å². The zero-order valence-electron chi connectivity index (χ0n) is 16.9. The first-order valence-corrected chi connectivity index (χ1v) is 11.6. The minimum absolute atomic E-state index is 0.126. The van der Waals surface area contributed by atoms with E-state index < -0.39 is 41.5 Å². The second kappa shape index (κ2) is 8.69. The third kappa shape index (κ3) is 3.65. The molecule has 2 N–H and O–H groups in total. The van der Waals surface area contributed by atoms with Crippen LogP contribution in [-0.2, 0) is 23.9 Å². The third-order valence-corrected chi connectivity index (χ3v) is 7.36. The summed E-state index contributed by atoms with van der Waals surface area (Å²) in [6, 6.07) is 5.73. The van der Waals surface area contributed by atoms with Crippen LogP contribution in [-0.4, -0.2) is 70.1 Å². The summed E-state index contributed by atoms with van der Waals surface area (Å²) < 4.78 is 11.5. The number of carbonyl (C=O) groups excluding carboxylic acids is 3. The summed E-state index contributed by atoms with van der Waals surface area (Å²) in [6.07, 6.45) is 0.182. The monoisotopic (exact) mass is 514 g/mol. The van der Waals surface area contributed by atoms with Crippen molar-refractivity contribution in [1.29, 1.82) is 0 Å². The van der Waals surface area contributed by atoms with Gasteiger partial charge in [0.15, 0.2) is 0 Å². The van der Waals surface area contributed by atoms with Crippen molar-refractivity contribution in [2.75, 3.05) is 25.1 Å². The van der Waals surface area contributed by atoms with Crippen molar-refractivity contribution in [3.63, 3.8) is 0 Å². The van der Waals surface area contributed by atoms with Crippen molar-refractivity contribution in [2.24, 2.45) is 11.8 Å². The number of hydrogen-bond donors (Lipinski definition) is 2. The van der Waals surface area contributed by atoms with Crippen LogP contribution in [0.3, 0.4) is 0 Å². The van der Waals surface area contributed by atoms with Crippen molar-refractivity contribution >= 4 is 51.0 Å². The highest BCUT2D eigenvalue weighted by Crippen LogP contribution is 2.60. The van der Waals surface area contributed by atoms with Gasteiger partial charge in [0.1, 0.15) is 11.6 Å².